The largest absolute Gasteiger partial charge is 0.456 e. The van der Waals surface area contributed by atoms with Crippen LogP contribution in [0.3, 0.4) is 0 Å². The first-order valence-electron chi connectivity index (χ1n) is 7.74. The smallest absolute Gasteiger partial charge is 0.232 e. The molecular weight excluding hydrogens is 354 g/mol. The second kappa shape index (κ2) is 6.43. The van der Waals surface area contributed by atoms with E-state index >= 15 is 0 Å². The fourth-order valence-corrected chi connectivity index (χ4v) is 3.26. The lowest BCUT2D eigenvalue weighted by Crippen LogP contribution is -2.03. The first kappa shape index (κ1) is 16.0. The number of nitrogens with zero attached hydrogens (tertiary/aromatic N) is 3. The van der Waals surface area contributed by atoms with Crippen LogP contribution in [0.2, 0.25) is 5.02 Å². The van der Waals surface area contributed by atoms with Gasteiger partial charge in [0.25, 0.3) is 0 Å². The standard InChI is InChI=1S/C19H14ClN3OS/c1-11-3-8-17-15(9-11)16(21-19-23-22-12(2)25-19)10-18(24-17)13-4-6-14(20)7-5-13/h3-10H,1-2H3/b21-16+. The van der Waals surface area contributed by atoms with Gasteiger partial charge in [-0.15, -0.1) is 10.2 Å². The van der Waals surface area contributed by atoms with Crippen molar-refractivity contribution in [2.24, 2.45) is 4.99 Å². The zero-order valence-electron chi connectivity index (χ0n) is 13.7. The Bertz CT molecular complexity index is 1130. The lowest BCUT2D eigenvalue weighted by atomic mass is 10.1. The second-order valence-corrected chi connectivity index (χ2v) is 7.31. The van der Waals surface area contributed by atoms with Gasteiger partial charge in [-0.3, -0.25) is 0 Å². The minimum absolute atomic E-state index is 0.633. The van der Waals surface area contributed by atoms with Gasteiger partial charge < -0.3 is 4.42 Å². The number of rotatable bonds is 2. The minimum Gasteiger partial charge on any atom is -0.456 e. The summed E-state index contributed by atoms with van der Waals surface area (Å²) < 4.78 is 6.09. The molecule has 6 heteroatoms. The van der Waals surface area contributed by atoms with E-state index in [4.69, 9.17) is 21.0 Å². The van der Waals surface area contributed by atoms with E-state index in [1.807, 2.05) is 56.3 Å². The molecule has 2 aromatic heterocycles. The molecule has 0 aliphatic rings. The Kier molecular flexibility index (Phi) is 4.11. The number of hydrogen-bond donors (Lipinski definition) is 0. The van der Waals surface area contributed by atoms with Crippen molar-refractivity contribution in [1.82, 2.24) is 10.2 Å². The zero-order chi connectivity index (χ0) is 17.4. The summed E-state index contributed by atoms with van der Waals surface area (Å²) in [5.74, 6) is 0.730. The third-order valence-electron chi connectivity index (χ3n) is 3.76. The molecule has 0 aliphatic heterocycles. The Hall–Kier alpha value is -2.50. The van der Waals surface area contributed by atoms with Crippen LogP contribution in [0.25, 0.3) is 22.3 Å². The summed E-state index contributed by atoms with van der Waals surface area (Å²) in [6.45, 7) is 3.96. The highest BCUT2D eigenvalue weighted by Crippen LogP contribution is 2.25. The van der Waals surface area contributed by atoms with E-state index in [1.165, 1.54) is 11.3 Å². The van der Waals surface area contributed by atoms with Gasteiger partial charge in [0.1, 0.15) is 16.4 Å². The van der Waals surface area contributed by atoms with Gasteiger partial charge in [0, 0.05) is 22.0 Å². The van der Waals surface area contributed by atoms with E-state index < -0.39 is 0 Å². The Morgan fingerprint density at radius 1 is 1.00 bits per heavy atom. The van der Waals surface area contributed by atoms with Crippen molar-refractivity contribution in [1.29, 1.82) is 0 Å². The van der Waals surface area contributed by atoms with Gasteiger partial charge in [-0.05, 0) is 50.2 Å². The van der Waals surface area contributed by atoms with Crippen LogP contribution in [-0.4, -0.2) is 10.2 Å². The highest BCUT2D eigenvalue weighted by Gasteiger charge is 2.08. The van der Waals surface area contributed by atoms with Crippen LogP contribution in [0.4, 0.5) is 5.13 Å². The number of benzene rings is 2. The fourth-order valence-electron chi connectivity index (χ4n) is 2.57. The molecule has 4 nitrogen and oxygen atoms in total. The first-order valence-corrected chi connectivity index (χ1v) is 8.93. The van der Waals surface area contributed by atoms with Crippen molar-refractivity contribution in [2.75, 3.05) is 0 Å². The van der Waals surface area contributed by atoms with Crippen LogP contribution >= 0.6 is 22.9 Å². The molecule has 0 spiro atoms. The minimum atomic E-state index is 0.633. The summed E-state index contributed by atoms with van der Waals surface area (Å²) >= 11 is 7.45. The van der Waals surface area contributed by atoms with Crippen molar-refractivity contribution in [3.63, 3.8) is 0 Å². The molecule has 0 atom stereocenters. The number of hydrogen-bond acceptors (Lipinski definition) is 5. The Labute approximate surface area is 153 Å². The van der Waals surface area contributed by atoms with E-state index in [9.17, 15) is 0 Å². The molecule has 25 heavy (non-hydrogen) atoms. The molecule has 0 fully saturated rings. The van der Waals surface area contributed by atoms with Gasteiger partial charge in [-0.25, -0.2) is 4.99 Å². The fraction of sp³-hybridized carbons (Fsp3) is 0.105. The second-order valence-electron chi connectivity index (χ2n) is 5.72. The molecule has 4 rings (SSSR count). The molecule has 2 heterocycles. The van der Waals surface area contributed by atoms with Crippen LogP contribution in [0.15, 0.2) is 57.9 Å². The van der Waals surface area contributed by atoms with E-state index in [0.29, 0.717) is 10.2 Å². The highest BCUT2D eigenvalue weighted by atomic mass is 35.5. The van der Waals surface area contributed by atoms with Crippen molar-refractivity contribution in [2.45, 2.75) is 13.8 Å². The molecule has 4 aromatic rings. The maximum absolute atomic E-state index is 6.09. The molecule has 2 aromatic carbocycles. The van der Waals surface area contributed by atoms with Crippen LogP contribution in [0, 0.1) is 13.8 Å². The Morgan fingerprint density at radius 2 is 1.80 bits per heavy atom. The van der Waals surface area contributed by atoms with Gasteiger partial charge in [-0.1, -0.05) is 34.6 Å². The maximum Gasteiger partial charge on any atom is 0.232 e. The Morgan fingerprint density at radius 3 is 2.52 bits per heavy atom. The Balaban J connectivity index is 1.99. The van der Waals surface area contributed by atoms with Crippen LogP contribution in [0.1, 0.15) is 10.6 Å². The summed E-state index contributed by atoms with van der Waals surface area (Å²) in [4.78, 5) is 4.69. The topological polar surface area (TPSA) is 51.3 Å². The molecule has 0 unspecified atom stereocenters. The molecule has 0 amide bonds. The van der Waals surface area contributed by atoms with Crippen LogP contribution < -0.4 is 5.36 Å². The maximum atomic E-state index is 6.09. The summed E-state index contributed by atoms with van der Waals surface area (Å²) in [5.41, 5.74) is 2.86. The molecular formula is C19H14ClN3OS. The van der Waals surface area contributed by atoms with Gasteiger partial charge in [-0.2, -0.15) is 0 Å². The van der Waals surface area contributed by atoms with E-state index in [1.54, 1.807) is 0 Å². The average molecular weight is 368 g/mol. The molecule has 0 N–H and O–H groups in total. The third-order valence-corrected chi connectivity index (χ3v) is 4.74. The molecule has 0 saturated carbocycles. The zero-order valence-corrected chi connectivity index (χ0v) is 15.2. The number of fused-ring (bicyclic) bond motifs is 1. The average Bonchev–Trinajstić information content (AvgIpc) is 3.01. The predicted octanol–water partition coefficient (Wildman–Crippen LogP) is 5.45. The van der Waals surface area contributed by atoms with Crippen molar-refractivity contribution in [3.8, 4) is 11.3 Å². The summed E-state index contributed by atoms with van der Waals surface area (Å²) in [6.07, 6.45) is 0. The molecule has 0 radical (unpaired) electrons. The SMILES string of the molecule is Cc1ccc2oc(-c3ccc(Cl)cc3)c/c(=N\c3nnc(C)s3)c2c1. The van der Waals surface area contributed by atoms with Crippen LogP contribution in [0.5, 0.6) is 0 Å². The van der Waals surface area contributed by atoms with E-state index in [2.05, 4.69) is 16.3 Å². The normalized spacial score (nSPS) is 12.0. The van der Waals surface area contributed by atoms with Crippen molar-refractivity contribution < 1.29 is 4.42 Å². The summed E-state index contributed by atoms with van der Waals surface area (Å²) in [7, 11) is 0. The van der Waals surface area contributed by atoms with Crippen LogP contribution in [-0.2, 0) is 0 Å². The lowest BCUT2D eigenvalue weighted by Gasteiger charge is -2.05. The summed E-state index contributed by atoms with van der Waals surface area (Å²) in [5, 5.41) is 12.1. The number of halogens is 1. The first-order chi connectivity index (χ1) is 12.1. The van der Waals surface area contributed by atoms with Gasteiger partial charge in [0.15, 0.2) is 0 Å². The number of aryl methyl sites for hydroxylation is 2. The monoisotopic (exact) mass is 367 g/mol. The number of aromatic nitrogens is 2. The molecule has 124 valence electrons. The summed E-state index contributed by atoms with van der Waals surface area (Å²) in [6, 6.07) is 15.5. The molecule has 0 aliphatic carbocycles. The van der Waals surface area contributed by atoms with Crippen molar-refractivity contribution >= 4 is 39.0 Å². The predicted molar refractivity (Wildman–Crippen MR) is 101 cm³/mol. The van der Waals surface area contributed by atoms with Gasteiger partial charge in [0.2, 0.25) is 5.13 Å². The van der Waals surface area contributed by atoms with Gasteiger partial charge >= 0.3 is 0 Å². The molecule has 0 saturated heterocycles. The quantitative estimate of drug-likeness (QED) is 0.473. The molecule has 0 bridgehead atoms. The van der Waals surface area contributed by atoms with E-state index in [-0.39, 0.29) is 0 Å². The third kappa shape index (κ3) is 3.34. The lowest BCUT2D eigenvalue weighted by molar-refractivity contribution is 0.618. The highest BCUT2D eigenvalue weighted by molar-refractivity contribution is 7.14. The van der Waals surface area contributed by atoms with E-state index in [0.717, 1.165) is 38.2 Å². The van der Waals surface area contributed by atoms with Gasteiger partial charge in [0.05, 0.1) is 5.36 Å². The van der Waals surface area contributed by atoms with Crippen molar-refractivity contribution in [3.05, 3.63) is 69.5 Å².